The van der Waals surface area contributed by atoms with Gasteiger partial charge in [-0.2, -0.15) is 5.10 Å². The number of hydrogen-bond donors (Lipinski definition) is 1. The molecule has 17 heavy (non-hydrogen) atoms. The van der Waals surface area contributed by atoms with Crippen molar-refractivity contribution in [2.24, 2.45) is 5.73 Å². The van der Waals surface area contributed by atoms with Gasteiger partial charge < -0.3 is 5.73 Å². The van der Waals surface area contributed by atoms with Gasteiger partial charge in [0.2, 0.25) is 0 Å². The highest BCUT2D eigenvalue weighted by Gasteiger charge is 2.28. The van der Waals surface area contributed by atoms with Gasteiger partial charge >= 0.3 is 0 Å². The Labute approximate surface area is 108 Å². The third-order valence-electron chi connectivity index (χ3n) is 3.11. The second-order valence-corrected chi connectivity index (χ2v) is 5.15. The lowest BCUT2D eigenvalue weighted by atomic mass is 10.3. The summed E-state index contributed by atoms with van der Waals surface area (Å²) in [6, 6.07) is 0.731. The van der Waals surface area contributed by atoms with Crippen molar-refractivity contribution in [1.82, 2.24) is 14.7 Å². The summed E-state index contributed by atoms with van der Waals surface area (Å²) >= 11 is 4.94. The lowest BCUT2D eigenvalue weighted by molar-refractivity contribution is 0.262. The summed E-state index contributed by atoms with van der Waals surface area (Å²) in [5, 5.41) is 4.30. The molecule has 0 radical (unpaired) electrons. The van der Waals surface area contributed by atoms with Crippen LogP contribution in [0.1, 0.15) is 31.7 Å². The van der Waals surface area contributed by atoms with E-state index in [1.54, 1.807) is 0 Å². The average molecular weight is 252 g/mol. The Morgan fingerprint density at radius 1 is 1.65 bits per heavy atom. The van der Waals surface area contributed by atoms with Gasteiger partial charge in [-0.3, -0.25) is 9.58 Å². The zero-order valence-corrected chi connectivity index (χ0v) is 11.1. The smallest absolute Gasteiger partial charge is 0.0740 e. The van der Waals surface area contributed by atoms with E-state index in [2.05, 4.69) is 23.1 Å². The highest BCUT2D eigenvalue weighted by atomic mass is 32.1. The first-order valence-corrected chi connectivity index (χ1v) is 6.63. The van der Waals surface area contributed by atoms with Crippen LogP contribution < -0.4 is 5.73 Å². The number of aromatic nitrogens is 2. The fourth-order valence-electron chi connectivity index (χ4n) is 1.98. The van der Waals surface area contributed by atoms with Crippen molar-refractivity contribution in [2.75, 3.05) is 6.54 Å². The van der Waals surface area contributed by atoms with Gasteiger partial charge in [-0.05, 0) is 19.8 Å². The minimum Gasteiger partial charge on any atom is -0.393 e. The summed E-state index contributed by atoms with van der Waals surface area (Å²) < 4.78 is 1.97. The predicted molar refractivity (Wildman–Crippen MR) is 72.7 cm³/mol. The highest BCUT2D eigenvalue weighted by molar-refractivity contribution is 7.80. The third-order valence-corrected chi connectivity index (χ3v) is 3.31. The maximum absolute atomic E-state index is 5.57. The van der Waals surface area contributed by atoms with Gasteiger partial charge in [-0.1, -0.05) is 12.2 Å². The normalized spacial score (nSPS) is 15.4. The molecule has 1 saturated carbocycles. The van der Waals surface area contributed by atoms with Crippen LogP contribution in [-0.4, -0.2) is 32.3 Å². The Bertz CT molecular complexity index is 384. The molecule has 1 aliphatic carbocycles. The summed E-state index contributed by atoms with van der Waals surface area (Å²) in [6.45, 7) is 4.96. The Balaban J connectivity index is 1.90. The van der Waals surface area contributed by atoms with Gasteiger partial charge in [0.1, 0.15) is 0 Å². The van der Waals surface area contributed by atoms with Gasteiger partial charge in [0.05, 0.1) is 11.2 Å². The monoisotopic (exact) mass is 252 g/mol. The topological polar surface area (TPSA) is 47.1 Å². The first-order valence-electron chi connectivity index (χ1n) is 6.22. The molecule has 0 unspecified atom stereocenters. The van der Waals surface area contributed by atoms with E-state index in [9.17, 15) is 0 Å². The van der Waals surface area contributed by atoms with Gasteiger partial charge in [0.15, 0.2) is 0 Å². The number of nitrogens with two attached hydrogens (primary N) is 1. The molecule has 0 aromatic carbocycles. The van der Waals surface area contributed by atoms with E-state index in [0.717, 1.165) is 32.1 Å². The van der Waals surface area contributed by atoms with Crippen molar-refractivity contribution in [3.63, 3.8) is 0 Å². The van der Waals surface area contributed by atoms with Gasteiger partial charge in [-0.25, -0.2) is 0 Å². The molecule has 0 bridgehead atoms. The first-order chi connectivity index (χ1) is 8.19. The third kappa shape index (κ3) is 3.78. The van der Waals surface area contributed by atoms with E-state index in [0.29, 0.717) is 4.99 Å². The molecule has 1 aromatic rings. The molecule has 0 saturated heterocycles. The van der Waals surface area contributed by atoms with Crippen LogP contribution in [0.2, 0.25) is 0 Å². The molecular formula is C12H20N4S. The van der Waals surface area contributed by atoms with Gasteiger partial charge in [-0.15, -0.1) is 0 Å². The van der Waals surface area contributed by atoms with Crippen LogP contribution in [0.5, 0.6) is 0 Å². The van der Waals surface area contributed by atoms with E-state index in [1.165, 1.54) is 18.4 Å². The lowest BCUT2D eigenvalue weighted by Gasteiger charge is -2.20. The minimum atomic E-state index is 0.611. The van der Waals surface area contributed by atoms with Gasteiger partial charge in [0, 0.05) is 43.9 Å². The molecule has 0 aliphatic heterocycles. The predicted octanol–water partition coefficient (Wildman–Crippen LogP) is 1.54. The Hall–Kier alpha value is -0.940. The van der Waals surface area contributed by atoms with Crippen molar-refractivity contribution in [2.45, 2.75) is 45.3 Å². The second kappa shape index (κ2) is 5.60. The number of hydrogen-bond acceptors (Lipinski definition) is 3. The number of nitrogens with zero attached hydrogens (tertiary/aromatic N) is 3. The molecular weight excluding hydrogens is 232 g/mol. The van der Waals surface area contributed by atoms with Crippen LogP contribution in [0.25, 0.3) is 0 Å². The second-order valence-electron chi connectivity index (χ2n) is 4.62. The molecule has 1 heterocycles. The maximum atomic E-state index is 5.57. The van der Waals surface area contributed by atoms with Crippen LogP contribution in [0.3, 0.4) is 0 Å². The Kier molecular flexibility index (Phi) is 4.12. The molecule has 1 aromatic heterocycles. The number of aryl methyl sites for hydroxylation is 1. The van der Waals surface area contributed by atoms with E-state index in [4.69, 9.17) is 18.0 Å². The SMILES string of the molecule is CCn1cc(CN(CCC(N)=S)C2CC2)cn1. The molecule has 2 N–H and O–H groups in total. The molecule has 0 spiro atoms. The summed E-state index contributed by atoms with van der Waals surface area (Å²) in [6.07, 6.45) is 7.50. The molecule has 0 amide bonds. The largest absolute Gasteiger partial charge is 0.393 e. The molecule has 2 rings (SSSR count). The fraction of sp³-hybridized carbons (Fsp3) is 0.667. The highest BCUT2D eigenvalue weighted by Crippen LogP contribution is 2.28. The number of thiocarbonyl (C=S) groups is 1. The van der Waals surface area contributed by atoms with E-state index >= 15 is 0 Å². The van der Waals surface area contributed by atoms with Crippen LogP contribution in [0.4, 0.5) is 0 Å². The summed E-state index contributed by atoms with van der Waals surface area (Å²) in [7, 11) is 0. The summed E-state index contributed by atoms with van der Waals surface area (Å²) in [5.41, 5.74) is 6.85. The minimum absolute atomic E-state index is 0.611. The van der Waals surface area contributed by atoms with Crippen LogP contribution >= 0.6 is 12.2 Å². The molecule has 0 atom stereocenters. The molecule has 94 valence electrons. The fourth-order valence-corrected chi connectivity index (χ4v) is 2.07. The zero-order chi connectivity index (χ0) is 12.3. The number of rotatable bonds is 7. The molecule has 1 aliphatic rings. The Morgan fingerprint density at radius 2 is 2.41 bits per heavy atom. The van der Waals surface area contributed by atoms with Gasteiger partial charge in [0.25, 0.3) is 0 Å². The van der Waals surface area contributed by atoms with Crippen molar-refractivity contribution in [3.8, 4) is 0 Å². The van der Waals surface area contributed by atoms with Crippen molar-refractivity contribution < 1.29 is 0 Å². The van der Waals surface area contributed by atoms with E-state index < -0.39 is 0 Å². The van der Waals surface area contributed by atoms with Crippen LogP contribution in [0.15, 0.2) is 12.4 Å². The average Bonchev–Trinajstić information content (AvgIpc) is 3.04. The summed E-state index contributed by atoms with van der Waals surface area (Å²) in [4.78, 5) is 3.08. The maximum Gasteiger partial charge on any atom is 0.0740 e. The standard InChI is InChI=1S/C12H20N4S/c1-2-16-9-10(7-14-16)8-15(11-3-4-11)6-5-12(13)17/h7,9,11H,2-6,8H2,1H3,(H2,13,17). The Morgan fingerprint density at radius 3 is 2.94 bits per heavy atom. The first kappa shape index (κ1) is 12.5. The van der Waals surface area contributed by atoms with Crippen LogP contribution in [-0.2, 0) is 13.1 Å². The lowest BCUT2D eigenvalue weighted by Crippen LogP contribution is -2.29. The van der Waals surface area contributed by atoms with E-state index in [-0.39, 0.29) is 0 Å². The molecule has 5 heteroatoms. The van der Waals surface area contributed by atoms with Crippen molar-refractivity contribution in [3.05, 3.63) is 18.0 Å². The van der Waals surface area contributed by atoms with Crippen molar-refractivity contribution >= 4 is 17.2 Å². The van der Waals surface area contributed by atoms with Crippen molar-refractivity contribution in [1.29, 1.82) is 0 Å². The molecule has 1 fully saturated rings. The molecule has 4 nitrogen and oxygen atoms in total. The quantitative estimate of drug-likeness (QED) is 0.748. The van der Waals surface area contributed by atoms with E-state index in [1.807, 2.05) is 10.9 Å². The zero-order valence-electron chi connectivity index (χ0n) is 10.3. The summed E-state index contributed by atoms with van der Waals surface area (Å²) in [5.74, 6) is 0. The van der Waals surface area contributed by atoms with Crippen LogP contribution in [0, 0.1) is 0 Å².